The van der Waals surface area contributed by atoms with Crippen molar-refractivity contribution in [3.8, 4) is 0 Å². The van der Waals surface area contributed by atoms with Gasteiger partial charge in [-0.05, 0) is 150 Å². The standard InChI is InChI=1S/C78H102N16O6/c1-5-63(79-3)73(95)85-71-59(49-81-47-55-25-11-7-12-26-55)37-39-61-41-43-67(93(61)77(71)99)75(97)83-69(57-29-15-9-16-30-57)65-51-91(89-87-65)45-21-19-23-53-33-35-54(36-34-53)24-20-22-46-92-52-66(88-90-92)70(58-31-17-10-18-32-58)84-76(98)68-44-42-62-40-38-60(50-82-48-56-27-13-8-14-28-56)72(78(100)94(62)68)86-74(96)64(6-2)80-4/h7-18,25-36,51-52,59-64,67-72,79-82H,5-6,19-24,37-50H2,1-4H3,(H,83,97)(H,84,98)(H,85,95)(H,86,96). The Labute approximate surface area is 588 Å². The van der Waals surface area contributed by atoms with E-state index in [0.29, 0.717) is 89.2 Å². The smallest absolute Gasteiger partial charge is 0.246 e. The van der Waals surface area contributed by atoms with Crippen LogP contribution in [0.2, 0.25) is 0 Å². The molecule has 0 bridgehead atoms. The second kappa shape index (κ2) is 35.9. The van der Waals surface area contributed by atoms with Crippen molar-refractivity contribution in [2.24, 2.45) is 11.8 Å². The van der Waals surface area contributed by atoms with Gasteiger partial charge in [-0.2, -0.15) is 0 Å². The minimum absolute atomic E-state index is 0.118. The van der Waals surface area contributed by atoms with Crippen molar-refractivity contribution < 1.29 is 28.8 Å². The number of nitrogens with one attached hydrogen (secondary N) is 8. The van der Waals surface area contributed by atoms with E-state index < -0.39 is 48.3 Å². The second-order valence-corrected chi connectivity index (χ2v) is 27.6. The molecule has 530 valence electrons. The van der Waals surface area contributed by atoms with Crippen LogP contribution in [0.1, 0.15) is 161 Å². The van der Waals surface area contributed by atoms with Gasteiger partial charge in [-0.1, -0.05) is 170 Å². The number of hydrogen-bond donors (Lipinski definition) is 8. The van der Waals surface area contributed by atoms with E-state index in [4.69, 9.17) is 0 Å². The Morgan fingerprint density at radius 3 is 1.20 bits per heavy atom. The summed E-state index contributed by atoms with van der Waals surface area (Å²) in [6.45, 7) is 7.54. The summed E-state index contributed by atoms with van der Waals surface area (Å²) in [5.74, 6) is -1.70. The van der Waals surface area contributed by atoms with Crippen LogP contribution in [0.5, 0.6) is 0 Å². The number of hydrogen-bond acceptors (Lipinski definition) is 14. The first-order chi connectivity index (χ1) is 48.9. The highest BCUT2D eigenvalue weighted by atomic mass is 16.2. The number of carbonyl (C=O) groups excluding carboxylic acids is 6. The molecule has 0 spiro atoms. The quantitative estimate of drug-likeness (QED) is 0.0183. The van der Waals surface area contributed by atoms with Crippen molar-refractivity contribution in [3.63, 3.8) is 0 Å². The minimum Gasteiger partial charge on any atom is -0.343 e. The molecule has 100 heavy (non-hydrogen) atoms. The van der Waals surface area contributed by atoms with Crippen molar-refractivity contribution in [2.75, 3.05) is 27.2 Å². The van der Waals surface area contributed by atoms with Gasteiger partial charge in [0.25, 0.3) is 0 Å². The monoisotopic (exact) mass is 1360 g/mol. The summed E-state index contributed by atoms with van der Waals surface area (Å²) in [6.07, 6.45) is 15.8. The minimum atomic E-state index is -0.793. The van der Waals surface area contributed by atoms with Gasteiger partial charge in [0.1, 0.15) is 35.6 Å². The Morgan fingerprint density at radius 2 is 0.830 bits per heavy atom. The second-order valence-electron chi connectivity index (χ2n) is 27.6. The molecule has 8 N–H and O–H groups in total. The van der Waals surface area contributed by atoms with Crippen molar-refractivity contribution in [1.29, 1.82) is 0 Å². The molecule has 12 atom stereocenters. The normalized spacial score (nSPS) is 21.8. The third-order valence-electron chi connectivity index (χ3n) is 21.0. The summed E-state index contributed by atoms with van der Waals surface area (Å²) < 4.78 is 3.69. The Bertz CT molecular complexity index is 3500. The average molecular weight is 1360 g/mol. The number of rotatable bonds is 34. The zero-order chi connectivity index (χ0) is 69.7. The SMILES string of the molecule is CCC(NC)C(=O)NC1C(=O)N2C(CCC1CNCc1ccccc1)CCC2C(=O)NC(c1ccccc1)c1cn(CCCCc2ccc(CCCCn3cc(C(NC(=O)C4CCC5CCC(CNCc6ccccc6)C(NC(=O)C(CC)NC)C(=O)N54)c4ccccc4)nn3)cc2)nn1. The highest BCUT2D eigenvalue weighted by Gasteiger charge is 2.50. The first-order valence-corrected chi connectivity index (χ1v) is 36.6. The van der Waals surface area contributed by atoms with Crippen LogP contribution < -0.4 is 42.5 Å². The fraction of sp³-hybridized carbons (Fsp3) is 0.487. The highest BCUT2D eigenvalue weighted by molar-refractivity contribution is 5.95. The van der Waals surface area contributed by atoms with E-state index in [1.807, 2.05) is 133 Å². The van der Waals surface area contributed by atoms with Crippen LogP contribution in [0, 0.1) is 11.8 Å². The number of aryl methyl sites for hydroxylation is 4. The van der Waals surface area contributed by atoms with Crippen molar-refractivity contribution in [1.82, 2.24) is 82.3 Å². The van der Waals surface area contributed by atoms with Crippen LogP contribution in [-0.2, 0) is 67.8 Å². The lowest BCUT2D eigenvalue weighted by Gasteiger charge is -2.33. The third-order valence-corrected chi connectivity index (χ3v) is 21.0. The Morgan fingerprint density at radius 1 is 0.460 bits per heavy atom. The molecule has 6 amide bonds. The van der Waals surface area contributed by atoms with E-state index in [9.17, 15) is 28.8 Å². The van der Waals surface area contributed by atoms with Gasteiger partial charge in [-0.15, -0.1) is 10.2 Å². The van der Waals surface area contributed by atoms with Gasteiger partial charge in [0, 0.05) is 63.2 Å². The summed E-state index contributed by atoms with van der Waals surface area (Å²) in [5.41, 5.74) is 7.74. The summed E-state index contributed by atoms with van der Waals surface area (Å²) >= 11 is 0. The molecule has 0 saturated carbocycles. The zero-order valence-corrected chi connectivity index (χ0v) is 58.5. The summed E-state index contributed by atoms with van der Waals surface area (Å²) in [6, 6.07) is 43.3. The van der Waals surface area contributed by atoms with E-state index in [1.54, 1.807) is 23.9 Å². The van der Waals surface area contributed by atoms with E-state index in [2.05, 4.69) is 112 Å². The highest BCUT2D eigenvalue weighted by Crippen LogP contribution is 2.37. The number of likely N-dealkylation sites (N-methyl/N-ethyl adjacent to an activating group) is 2. The Kier molecular flexibility index (Phi) is 25.9. The molecule has 11 rings (SSSR count). The lowest BCUT2D eigenvalue weighted by molar-refractivity contribution is -0.143. The predicted molar refractivity (Wildman–Crippen MR) is 384 cm³/mol. The third kappa shape index (κ3) is 18.5. The van der Waals surface area contributed by atoms with Crippen LogP contribution in [-0.4, -0.2) is 151 Å². The molecular weight excluding hydrogens is 1260 g/mol. The molecule has 2 aromatic heterocycles. The lowest BCUT2D eigenvalue weighted by Crippen LogP contribution is -2.59. The maximum Gasteiger partial charge on any atom is 0.246 e. The molecular formula is C78H102N16O6. The van der Waals surface area contributed by atoms with Gasteiger partial charge in [-0.3, -0.25) is 38.1 Å². The van der Waals surface area contributed by atoms with E-state index in [-0.39, 0.29) is 59.4 Å². The molecule has 6 heterocycles. The van der Waals surface area contributed by atoms with Crippen molar-refractivity contribution in [3.05, 3.63) is 203 Å². The fourth-order valence-corrected chi connectivity index (χ4v) is 15.3. The van der Waals surface area contributed by atoms with E-state index in [1.165, 1.54) is 11.1 Å². The molecule has 12 unspecified atom stereocenters. The lowest BCUT2D eigenvalue weighted by atomic mass is 9.92. The molecule has 4 aliphatic rings. The van der Waals surface area contributed by atoms with Crippen LogP contribution in [0.15, 0.2) is 158 Å². The number of nitrogens with zero attached hydrogens (tertiary/aromatic N) is 8. The molecule has 0 radical (unpaired) electrons. The van der Waals surface area contributed by atoms with Crippen LogP contribution in [0.4, 0.5) is 0 Å². The molecule has 4 saturated heterocycles. The van der Waals surface area contributed by atoms with Gasteiger partial charge >= 0.3 is 0 Å². The van der Waals surface area contributed by atoms with Gasteiger partial charge in [0.15, 0.2) is 0 Å². The number of unbranched alkanes of at least 4 members (excludes halogenated alkanes) is 2. The maximum absolute atomic E-state index is 14.9. The summed E-state index contributed by atoms with van der Waals surface area (Å²) in [5, 5.41) is 44.5. The first-order valence-electron chi connectivity index (χ1n) is 36.6. The van der Waals surface area contributed by atoms with E-state index in [0.717, 1.165) is 86.5 Å². The predicted octanol–water partition coefficient (Wildman–Crippen LogP) is 7.41. The molecule has 22 nitrogen and oxygen atoms in total. The van der Waals surface area contributed by atoms with Gasteiger partial charge in [-0.25, -0.2) is 0 Å². The average Bonchev–Trinajstić information content (AvgIpc) is 1.63. The number of benzene rings is 5. The molecule has 0 aliphatic carbocycles. The van der Waals surface area contributed by atoms with Crippen LogP contribution in [0.3, 0.4) is 0 Å². The molecule has 22 heteroatoms. The molecule has 4 aliphatic heterocycles. The number of aromatic nitrogens is 6. The first kappa shape index (κ1) is 72.3. The topological polar surface area (TPSA) is 267 Å². The number of carbonyl (C=O) groups is 6. The molecule has 5 aromatic carbocycles. The van der Waals surface area contributed by atoms with Crippen LogP contribution >= 0.6 is 0 Å². The van der Waals surface area contributed by atoms with Crippen molar-refractivity contribution >= 4 is 35.4 Å². The Balaban J connectivity index is 0.649. The van der Waals surface area contributed by atoms with Gasteiger partial charge in [0.2, 0.25) is 35.4 Å². The summed E-state index contributed by atoms with van der Waals surface area (Å²) in [7, 11) is 3.50. The Hall–Kier alpha value is -8.96. The van der Waals surface area contributed by atoms with E-state index >= 15 is 0 Å². The van der Waals surface area contributed by atoms with Crippen LogP contribution in [0.25, 0.3) is 0 Å². The maximum atomic E-state index is 14.9. The van der Waals surface area contributed by atoms with Gasteiger partial charge < -0.3 is 52.3 Å². The summed E-state index contributed by atoms with van der Waals surface area (Å²) in [4.78, 5) is 90.0. The molecule has 4 fully saturated rings. The fourth-order valence-electron chi connectivity index (χ4n) is 15.3. The largest absolute Gasteiger partial charge is 0.343 e. The number of amides is 6. The number of fused-ring (bicyclic) bond motifs is 2. The van der Waals surface area contributed by atoms with Gasteiger partial charge in [0.05, 0.1) is 36.6 Å². The van der Waals surface area contributed by atoms with Crippen molar-refractivity contribution in [2.45, 2.75) is 203 Å². The zero-order valence-electron chi connectivity index (χ0n) is 58.5. The molecule has 7 aromatic rings.